The molecule has 4 aromatic rings. The maximum Gasteiger partial charge on any atom is 0.343 e. The summed E-state index contributed by atoms with van der Waals surface area (Å²) in [5.74, 6) is 1.05. The fourth-order valence-electron chi connectivity index (χ4n) is 3.70. The summed E-state index contributed by atoms with van der Waals surface area (Å²) in [6, 6.07) is 25.2. The first kappa shape index (κ1) is 27.2. The standard InChI is InChI=1S/C31H30N2O6/c1-3-18-37-25-15-13-24(14-16-25)31(35)39-28-17-12-22(19-29(28)36-4-2)20-32-33-30(34)21-38-27-11-7-9-23-8-5-6-10-26(23)27/h5-17,19-20H,3-4,18,21H2,1-2H3,(H,33,34)/b32-20-. The second-order valence-electron chi connectivity index (χ2n) is 8.46. The molecule has 0 saturated heterocycles. The first-order valence-electron chi connectivity index (χ1n) is 12.7. The molecule has 1 amide bonds. The molecule has 0 aromatic heterocycles. The molecular formula is C31H30N2O6. The Morgan fingerprint density at radius 2 is 1.62 bits per heavy atom. The van der Waals surface area contributed by atoms with Crippen molar-refractivity contribution in [3.05, 3.63) is 96.1 Å². The number of amides is 1. The maximum atomic E-state index is 12.7. The predicted molar refractivity (Wildman–Crippen MR) is 150 cm³/mol. The second kappa shape index (κ2) is 13.6. The lowest BCUT2D eigenvalue weighted by Crippen LogP contribution is -2.24. The molecule has 8 nitrogen and oxygen atoms in total. The quantitative estimate of drug-likeness (QED) is 0.109. The fraction of sp³-hybridized carbons (Fsp3) is 0.194. The van der Waals surface area contributed by atoms with Gasteiger partial charge in [0.2, 0.25) is 0 Å². The SMILES string of the molecule is CCCOc1ccc(C(=O)Oc2ccc(/C=N\NC(=O)COc3cccc4ccccc34)cc2OCC)cc1. The van der Waals surface area contributed by atoms with Gasteiger partial charge in [0.25, 0.3) is 5.91 Å². The number of carbonyl (C=O) groups is 2. The van der Waals surface area contributed by atoms with E-state index in [0.717, 1.165) is 17.2 Å². The van der Waals surface area contributed by atoms with E-state index in [-0.39, 0.29) is 12.4 Å². The Bertz CT molecular complexity index is 1440. The van der Waals surface area contributed by atoms with Crippen LogP contribution in [0.1, 0.15) is 36.2 Å². The molecule has 0 heterocycles. The smallest absolute Gasteiger partial charge is 0.343 e. The molecular weight excluding hydrogens is 496 g/mol. The summed E-state index contributed by atoms with van der Waals surface area (Å²) in [5.41, 5.74) is 3.49. The summed E-state index contributed by atoms with van der Waals surface area (Å²) in [6.07, 6.45) is 2.37. The van der Waals surface area contributed by atoms with Gasteiger partial charge >= 0.3 is 5.97 Å². The number of fused-ring (bicyclic) bond motifs is 1. The van der Waals surface area contributed by atoms with Crippen LogP contribution >= 0.6 is 0 Å². The highest BCUT2D eigenvalue weighted by molar-refractivity contribution is 5.92. The van der Waals surface area contributed by atoms with Gasteiger partial charge in [-0.15, -0.1) is 0 Å². The van der Waals surface area contributed by atoms with Crippen molar-refractivity contribution in [2.75, 3.05) is 19.8 Å². The molecule has 4 aromatic carbocycles. The third kappa shape index (κ3) is 7.58. The topological polar surface area (TPSA) is 95.5 Å². The minimum atomic E-state index is -0.516. The molecule has 0 fully saturated rings. The third-order valence-corrected chi connectivity index (χ3v) is 5.54. The molecule has 1 N–H and O–H groups in total. The molecule has 39 heavy (non-hydrogen) atoms. The van der Waals surface area contributed by atoms with E-state index in [2.05, 4.69) is 10.5 Å². The Hall–Kier alpha value is -4.85. The van der Waals surface area contributed by atoms with Crippen LogP contribution in [0.3, 0.4) is 0 Å². The number of nitrogens with zero attached hydrogens (tertiary/aromatic N) is 1. The number of rotatable bonds is 12. The van der Waals surface area contributed by atoms with E-state index in [0.29, 0.717) is 41.6 Å². The van der Waals surface area contributed by atoms with E-state index in [9.17, 15) is 9.59 Å². The highest BCUT2D eigenvalue weighted by atomic mass is 16.6. The highest BCUT2D eigenvalue weighted by Gasteiger charge is 2.14. The van der Waals surface area contributed by atoms with Crippen LogP contribution in [0, 0.1) is 0 Å². The van der Waals surface area contributed by atoms with Crippen LogP contribution in [0.15, 0.2) is 90.0 Å². The fourth-order valence-corrected chi connectivity index (χ4v) is 3.70. The number of nitrogens with one attached hydrogen (secondary N) is 1. The van der Waals surface area contributed by atoms with Crippen molar-refractivity contribution in [2.45, 2.75) is 20.3 Å². The molecule has 4 rings (SSSR count). The summed E-state index contributed by atoms with van der Waals surface area (Å²) in [5, 5.41) is 5.96. The zero-order valence-corrected chi connectivity index (χ0v) is 21.9. The minimum Gasteiger partial charge on any atom is -0.494 e. The van der Waals surface area contributed by atoms with Crippen LogP contribution in [-0.2, 0) is 4.79 Å². The average Bonchev–Trinajstić information content (AvgIpc) is 2.96. The van der Waals surface area contributed by atoms with Crippen molar-refractivity contribution in [3.63, 3.8) is 0 Å². The second-order valence-corrected chi connectivity index (χ2v) is 8.46. The number of hydrogen-bond donors (Lipinski definition) is 1. The van der Waals surface area contributed by atoms with E-state index >= 15 is 0 Å². The molecule has 0 radical (unpaired) electrons. The Labute approximate surface area is 227 Å². The van der Waals surface area contributed by atoms with E-state index in [4.69, 9.17) is 18.9 Å². The Kier molecular flexibility index (Phi) is 9.50. The lowest BCUT2D eigenvalue weighted by Gasteiger charge is -2.12. The summed E-state index contributed by atoms with van der Waals surface area (Å²) in [7, 11) is 0. The molecule has 0 spiro atoms. The van der Waals surface area contributed by atoms with Crippen LogP contribution in [0.5, 0.6) is 23.0 Å². The maximum absolute atomic E-state index is 12.7. The highest BCUT2D eigenvalue weighted by Crippen LogP contribution is 2.29. The summed E-state index contributed by atoms with van der Waals surface area (Å²) in [6.45, 7) is 4.66. The van der Waals surface area contributed by atoms with Gasteiger partial charge in [-0.3, -0.25) is 4.79 Å². The largest absolute Gasteiger partial charge is 0.494 e. The van der Waals surface area contributed by atoms with Crippen molar-refractivity contribution in [3.8, 4) is 23.0 Å². The van der Waals surface area contributed by atoms with Crippen LogP contribution in [0.2, 0.25) is 0 Å². The molecule has 0 unspecified atom stereocenters. The molecule has 0 aliphatic rings. The normalized spacial score (nSPS) is 10.8. The third-order valence-electron chi connectivity index (χ3n) is 5.54. The van der Waals surface area contributed by atoms with Gasteiger partial charge in [0.15, 0.2) is 18.1 Å². The van der Waals surface area contributed by atoms with E-state index in [1.807, 2.05) is 56.3 Å². The van der Waals surface area contributed by atoms with Crippen LogP contribution in [0.4, 0.5) is 0 Å². The Morgan fingerprint density at radius 3 is 2.41 bits per heavy atom. The number of benzene rings is 4. The zero-order chi connectivity index (χ0) is 27.5. The number of carbonyl (C=O) groups excluding carboxylic acids is 2. The first-order valence-corrected chi connectivity index (χ1v) is 12.7. The van der Waals surface area contributed by atoms with Crippen molar-refractivity contribution in [1.82, 2.24) is 5.43 Å². The molecule has 0 atom stereocenters. The number of ether oxygens (including phenoxy) is 4. The molecule has 0 saturated carbocycles. The lowest BCUT2D eigenvalue weighted by molar-refractivity contribution is -0.123. The van der Waals surface area contributed by atoms with Gasteiger partial charge in [-0.1, -0.05) is 43.3 Å². The number of esters is 1. The van der Waals surface area contributed by atoms with Gasteiger partial charge in [-0.05, 0) is 72.8 Å². The molecule has 0 aliphatic heterocycles. The van der Waals surface area contributed by atoms with Crippen molar-refractivity contribution < 1.29 is 28.5 Å². The van der Waals surface area contributed by atoms with Gasteiger partial charge in [-0.25, -0.2) is 10.2 Å². The van der Waals surface area contributed by atoms with Gasteiger partial charge in [0, 0.05) is 5.39 Å². The van der Waals surface area contributed by atoms with E-state index in [1.165, 1.54) is 6.21 Å². The van der Waals surface area contributed by atoms with E-state index in [1.54, 1.807) is 42.5 Å². The molecule has 0 aliphatic carbocycles. The first-order chi connectivity index (χ1) is 19.1. The van der Waals surface area contributed by atoms with Gasteiger partial charge in [-0.2, -0.15) is 5.10 Å². The molecule has 0 bridgehead atoms. The molecule has 200 valence electrons. The zero-order valence-electron chi connectivity index (χ0n) is 21.9. The van der Waals surface area contributed by atoms with Crippen molar-refractivity contribution >= 4 is 28.9 Å². The van der Waals surface area contributed by atoms with Gasteiger partial charge < -0.3 is 18.9 Å². The van der Waals surface area contributed by atoms with Crippen molar-refractivity contribution in [1.29, 1.82) is 0 Å². The Balaban J connectivity index is 1.34. The summed E-state index contributed by atoms with van der Waals surface area (Å²) in [4.78, 5) is 24.9. The molecule has 8 heteroatoms. The van der Waals surface area contributed by atoms with Crippen LogP contribution in [0.25, 0.3) is 10.8 Å². The Morgan fingerprint density at radius 1 is 0.821 bits per heavy atom. The van der Waals surface area contributed by atoms with Crippen LogP contribution < -0.4 is 24.4 Å². The van der Waals surface area contributed by atoms with Gasteiger partial charge in [0.1, 0.15) is 11.5 Å². The van der Waals surface area contributed by atoms with Crippen LogP contribution in [-0.4, -0.2) is 37.9 Å². The monoisotopic (exact) mass is 526 g/mol. The minimum absolute atomic E-state index is 0.184. The summed E-state index contributed by atoms with van der Waals surface area (Å²) < 4.78 is 22.5. The van der Waals surface area contributed by atoms with E-state index < -0.39 is 11.9 Å². The van der Waals surface area contributed by atoms with Crippen molar-refractivity contribution in [2.24, 2.45) is 5.10 Å². The lowest BCUT2D eigenvalue weighted by atomic mass is 10.1. The number of hydrogen-bond acceptors (Lipinski definition) is 7. The predicted octanol–water partition coefficient (Wildman–Crippen LogP) is 5.78. The number of hydrazone groups is 1. The van der Waals surface area contributed by atoms with Gasteiger partial charge in [0.05, 0.1) is 25.0 Å². The summed E-state index contributed by atoms with van der Waals surface area (Å²) >= 11 is 0. The average molecular weight is 527 g/mol.